The molecule has 6 heteroatoms. The van der Waals surface area contributed by atoms with Crippen molar-refractivity contribution in [3.05, 3.63) is 54.6 Å². The molecule has 0 aliphatic carbocycles. The van der Waals surface area contributed by atoms with E-state index in [-0.39, 0.29) is 66.9 Å². The molecule has 0 atom stereocenters. The van der Waals surface area contributed by atoms with Gasteiger partial charge in [-0.1, -0.05) is 48.5 Å². The Bertz CT molecular complexity index is 1070. The van der Waals surface area contributed by atoms with Gasteiger partial charge in [0.1, 0.15) is 4.90 Å². The summed E-state index contributed by atoms with van der Waals surface area (Å²) >= 11 is 0. The maximum Gasteiger partial charge on any atom is 1.00 e. The third kappa shape index (κ3) is 2.72. The van der Waals surface area contributed by atoms with E-state index < -0.39 is 10.1 Å². The molecule has 0 amide bonds. The minimum Gasteiger partial charge on any atom is -1.00 e. The molecule has 22 heavy (non-hydrogen) atoms. The van der Waals surface area contributed by atoms with Crippen LogP contribution in [0.25, 0.3) is 32.3 Å². The van der Waals surface area contributed by atoms with E-state index in [1.807, 2.05) is 36.4 Å². The fraction of sp³-hybridized carbons (Fsp3) is 0. The second kappa shape index (κ2) is 6.38. The van der Waals surface area contributed by atoms with Crippen molar-refractivity contribution in [2.75, 3.05) is 0 Å². The van der Waals surface area contributed by atoms with Gasteiger partial charge in [-0.05, 0) is 33.0 Å². The van der Waals surface area contributed by atoms with Crippen LogP contribution in [0.2, 0.25) is 0 Å². The molecular formula is C16H12Na2O3S. The Morgan fingerprint density at radius 2 is 1.23 bits per heavy atom. The van der Waals surface area contributed by atoms with Crippen LogP contribution in [0, 0.1) is 0 Å². The summed E-state index contributed by atoms with van der Waals surface area (Å²) in [7, 11) is -4.23. The quantitative estimate of drug-likeness (QED) is 0.251. The first kappa shape index (κ1) is 18.2. The maximum atomic E-state index is 11.5. The molecular weight excluding hydrogens is 318 g/mol. The summed E-state index contributed by atoms with van der Waals surface area (Å²) in [5, 5.41) is 5.58. The van der Waals surface area contributed by atoms with Crippen LogP contribution >= 0.6 is 0 Å². The Hall–Kier alpha value is -0.170. The van der Waals surface area contributed by atoms with Crippen LogP contribution in [0.1, 0.15) is 2.85 Å². The van der Waals surface area contributed by atoms with Crippen molar-refractivity contribution in [2.45, 2.75) is 4.90 Å². The van der Waals surface area contributed by atoms with Gasteiger partial charge in [-0.25, -0.2) is 0 Å². The van der Waals surface area contributed by atoms with Gasteiger partial charge < -0.3 is 2.85 Å². The topological polar surface area (TPSA) is 54.4 Å². The van der Waals surface area contributed by atoms with Crippen molar-refractivity contribution in [3.63, 3.8) is 0 Å². The van der Waals surface area contributed by atoms with Crippen LogP contribution in [-0.2, 0) is 10.1 Å². The maximum absolute atomic E-state index is 11.5. The van der Waals surface area contributed by atoms with Crippen molar-refractivity contribution < 1.29 is 74.9 Å². The van der Waals surface area contributed by atoms with E-state index in [0.29, 0.717) is 5.39 Å². The molecule has 0 aliphatic rings. The Kier molecular flexibility index (Phi) is 5.27. The van der Waals surface area contributed by atoms with Gasteiger partial charge in [0.25, 0.3) is 10.1 Å². The fourth-order valence-electron chi connectivity index (χ4n) is 2.93. The number of hydrogen-bond donors (Lipinski definition) is 1. The van der Waals surface area contributed by atoms with Crippen LogP contribution in [-0.4, -0.2) is 13.0 Å². The van der Waals surface area contributed by atoms with Crippen molar-refractivity contribution in [3.8, 4) is 0 Å². The van der Waals surface area contributed by atoms with Crippen molar-refractivity contribution in [2.24, 2.45) is 0 Å². The summed E-state index contributed by atoms with van der Waals surface area (Å²) in [6, 6.07) is 16.8. The Morgan fingerprint density at radius 3 is 1.82 bits per heavy atom. The fourth-order valence-corrected chi connectivity index (χ4v) is 3.62. The third-order valence-electron chi connectivity index (χ3n) is 3.77. The van der Waals surface area contributed by atoms with Gasteiger partial charge in [-0.2, -0.15) is 8.42 Å². The molecule has 0 spiro atoms. The monoisotopic (exact) mass is 330 g/mol. The Labute approximate surface area is 175 Å². The van der Waals surface area contributed by atoms with E-state index in [9.17, 15) is 13.0 Å². The molecule has 4 aromatic rings. The zero-order valence-corrected chi connectivity index (χ0v) is 17.2. The van der Waals surface area contributed by atoms with E-state index in [1.165, 1.54) is 6.07 Å². The second-order valence-electron chi connectivity index (χ2n) is 4.89. The molecule has 0 aliphatic heterocycles. The molecule has 0 saturated heterocycles. The molecule has 0 heterocycles. The zero-order chi connectivity index (χ0) is 13.9. The van der Waals surface area contributed by atoms with Crippen LogP contribution < -0.4 is 59.1 Å². The Morgan fingerprint density at radius 1 is 0.727 bits per heavy atom. The summed E-state index contributed by atoms with van der Waals surface area (Å²) in [5.41, 5.74) is 0. The summed E-state index contributed by atoms with van der Waals surface area (Å²) in [5.74, 6) is 0. The molecule has 3 nitrogen and oxygen atoms in total. The van der Waals surface area contributed by atoms with Gasteiger partial charge in [-0.15, -0.1) is 0 Å². The first-order valence-electron chi connectivity index (χ1n) is 6.20. The van der Waals surface area contributed by atoms with E-state index in [2.05, 4.69) is 0 Å². The molecule has 1 N–H and O–H groups in total. The van der Waals surface area contributed by atoms with E-state index in [4.69, 9.17) is 0 Å². The van der Waals surface area contributed by atoms with Crippen LogP contribution in [0.5, 0.6) is 0 Å². The van der Waals surface area contributed by atoms with Gasteiger partial charge in [-0.3, -0.25) is 4.55 Å². The molecule has 102 valence electrons. The smallest absolute Gasteiger partial charge is 1.00 e. The largest absolute Gasteiger partial charge is 1.00 e. The van der Waals surface area contributed by atoms with Gasteiger partial charge in [0, 0.05) is 5.39 Å². The SMILES string of the molecule is O=S(=O)(O)c1ccc2ccc3cccc4ccc1c2c34.[H-].[H-].[Na+].[Na+]. The summed E-state index contributed by atoms with van der Waals surface area (Å²) in [4.78, 5) is -0.0387. The van der Waals surface area contributed by atoms with Gasteiger partial charge >= 0.3 is 59.1 Å². The predicted molar refractivity (Wildman–Crippen MR) is 82.2 cm³/mol. The molecule has 4 rings (SSSR count). The minimum absolute atomic E-state index is 0. The van der Waals surface area contributed by atoms with Crippen LogP contribution in [0.15, 0.2) is 59.5 Å². The Balaban J connectivity index is 0.00000132. The average molecular weight is 330 g/mol. The molecule has 0 fully saturated rings. The van der Waals surface area contributed by atoms with Gasteiger partial charge in [0.15, 0.2) is 0 Å². The van der Waals surface area contributed by atoms with Crippen molar-refractivity contribution in [1.82, 2.24) is 0 Å². The van der Waals surface area contributed by atoms with Gasteiger partial charge in [0.05, 0.1) is 0 Å². The molecule has 0 bridgehead atoms. The molecule has 0 saturated carbocycles. The van der Waals surface area contributed by atoms with Crippen molar-refractivity contribution in [1.29, 1.82) is 0 Å². The number of benzene rings is 4. The third-order valence-corrected chi connectivity index (χ3v) is 4.68. The summed E-state index contributed by atoms with van der Waals surface area (Å²) < 4.78 is 32.5. The average Bonchev–Trinajstić information content (AvgIpc) is 2.43. The van der Waals surface area contributed by atoms with Crippen molar-refractivity contribution >= 4 is 42.4 Å². The first-order chi connectivity index (χ1) is 9.55. The zero-order valence-electron chi connectivity index (χ0n) is 14.4. The normalized spacial score (nSPS) is 11.5. The molecule has 0 unspecified atom stereocenters. The number of hydrogen-bond acceptors (Lipinski definition) is 2. The molecule has 4 aromatic carbocycles. The predicted octanol–water partition coefficient (Wildman–Crippen LogP) is -1.94. The minimum atomic E-state index is -4.23. The summed E-state index contributed by atoms with van der Waals surface area (Å²) in [6.45, 7) is 0. The van der Waals surface area contributed by atoms with Crippen LogP contribution in [0.3, 0.4) is 0 Å². The van der Waals surface area contributed by atoms with E-state index in [0.717, 1.165) is 26.9 Å². The summed E-state index contributed by atoms with van der Waals surface area (Å²) in [6.07, 6.45) is 0. The first-order valence-corrected chi connectivity index (χ1v) is 7.64. The number of rotatable bonds is 1. The van der Waals surface area contributed by atoms with E-state index in [1.54, 1.807) is 12.1 Å². The second-order valence-corrected chi connectivity index (χ2v) is 6.28. The molecule has 0 aromatic heterocycles. The molecule has 0 radical (unpaired) electrons. The van der Waals surface area contributed by atoms with Crippen LogP contribution in [0.4, 0.5) is 0 Å². The van der Waals surface area contributed by atoms with E-state index >= 15 is 0 Å². The standard InChI is InChI=1S/C16H10O3S.2Na.2H/c17-20(18,19)14-9-7-12-5-4-10-2-1-3-11-6-8-13(14)16(12)15(10)11;;;;/h1-9H,(H,17,18,19);;;;/q;2*+1;2*-1. The van der Waals surface area contributed by atoms with Gasteiger partial charge in [0.2, 0.25) is 0 Å².